The molecule has 0 saturated heterocycles. The number of oxazole rings is 1. The summed E-state index contributed by atoms with van der Waals surface area (Å²) in [6.07, 6.45) is 0. The van der Waals surface area contributed by atoms with Crippen LogP contribution in [0, 0.1) is 0 Å². The molecule has 0 unspecified atom stereocenters. The molecule has 11 heteroatoms. The standard InChI is InChI=1S/C19H19Cl2N3O4S2/c1-23(2)30(26,27)13-5-7-17-16(9-13)22-19(28-17)29-11-18(25)24(3)10-12-4-6-14(20)15(21)8-12/h4-9H,10-11H2,1-3H3. The van der Waals surface area contributed by atoms with E-state index in [4.69, 9.17) is 27.6 Å². The third-order valence-electron chi connectivity index (χ3n) is 4.27. The van der Waals surface area contributed by atoms with E-state index in [1.807, 2.05) is 6.07 Å². The monoisotopic (exact) mass is 487 g/mol. The second-order valence-electron chi connectivity index (χ2n) is 6.68. The Balaban J connectivity index is 1.66. The number of hydrogen-bond donors (Lipinski definition) is 0. The van der Waals surface area contributed by atoms with E-state index in [9.17, 15) is 13.2 Å². The van der Waals surface area contributed by atoms with Gasteiger partial charge in [-0.3, -0.25) is 4.79 Å². The van der Waals surface area contributed by atoms with Crippen LogP contribution in [0.15, 0.2) is 50.9 Å². The van der Waals surface area contributed by atoms with Crippen molar-refractivity contribution in [3.05, 3.63) is 52.0 Å². The van der Waals surface area contributed by atoms with E-state index < -0.39 is 10.0 Å². The van der Waals surface area contributed by atoms with E-state index in [-0.39, 0.29) is 16.6 Å². The molecule has 0 spiro atoms. The fourth-order valence-corrected chi connectivity index (χ4v) is 4.57. The molecular weight excluding hydrogens is 469 g/mol. The number of hydrogen-bond acceptors (Lipinski definition) is 6. The molecule has 30 heavy (non-hydrogen) atoms. The first-order valence-corrected chi connectivity index (χ1v) is 11.9. The maximum Gasteiger partial charge on any atom is 0.257 e. The van der Waals surface area contributed by atoms with Crippen LogP contribution in [0.25, 0.3) is 11.1 Å². The van der Waals surface area contributed by atoms with Crippen molar-refractivity contribution in [3.63, 3.8) is 0 Å². The lowest BCUT2D eigenvalue weighted by atomic mass is 10.2. The van der Waals surface area contributed by atoms with Crippen molar-refractivity contribution in [2.45, 2.75) is 16.7 Å². The zero-order valence-corrected chi connectivity index (χ0v) is 19.6. The van der Waals surface area contributed by atoms with Gasteiger partial charge in [-0.2, -0.15) is 0 Å². The topological polar surface area (TPSA) is 83.7 Å². The van der Waals surface area contributed by atoms with Gasteiger partial charge in [0.15, 0.2) is 5.58 Å². The second kappa shape index (κ2) is 9.15. The average Bonchev–Trinajstić information content (AvgIpc) is 3.10. The smallest absolute Gasteiger partial charge is 0.257 e. The number of carbonyl (C=O) groups excluding carboxylic acids is 1. The van der Waals surface area contributed by atoms with Crippen molar-refractivity contribution in [3.8, 4) is 0 Å². The normalized spacial score (nSPS) is 11.9. The summed E-state index contributed by atoms with van der Waals surface area (Å²) in [6.45, 7) is 0.385. The van der Waals surface area contributed by atoms with Crippen LogP contribution in [0.1, 0.15) is 5.56 Å². The van der Waals surface area contributed by atoms with Crippen molar-refractivity contribution < 1.29 is 17.6 Å². The molecule has 1 heterocycles. The first-order valence-electron chi connectivity index (χ1n) is 8.72. The lowest BCUT2D eigenvalue weighted by Gasteiger charge is -2.17. The number of rotatable bonds is 7. The molecule has 0 bridgehead atoms. The number of nitrogens with zero attached hydrogens (tertiary/aromatic N) is 3. The van der Waals surface area contributed by atoms with E-state index in [1.54, 1.807) is 30.1 Å². The highest BCUT2D eigenvalue weighted by Gasteiger charge is 2.19. The highest BCUT2D eigenvalue weighted by Crippen LogP contribution is 2.27. The summed E-state index contributed by atoms with van der Waals surface area (Å²) in [5.74, 6) is -0.00256. The summed E-state index contributed by atoms with van der Waals surface area (Å²) >= 11 is 13.1. The largest absolute Gasteiger partial charge is 0.431 e. The second-order valence-corrected chi connectivity index (χ2v) is 10.6. The Morgan fingerprint density at radius 3 is 2.50 bits per heavy atom. The van der Waals surface area contributed by atoms with E-state index in [0.717, 1.165) is 21.6 Å². The van der Waals surface area contributed by atoms with Crippen LogP contribution in [0.5, 0.6) is 0 Å². The summed E-state index contributed by atoms with van der Waals surface area (Å²) in [4.78, 5) is 18.4. The van der Waals surface area contributed by atoms with E-state index >= 15 is 0 Å². The predicted molar refractivity (Wildman–Crippen MR) is 119 cm³/mol. The van der Waals surface area contributed by atoms with E-state index in [2.05, 4.69) is 4.98 Å². The molecular formula is C19H19Cl2N3O4S2. The highest BCUT2D eigenvalue weighted by atomic mass is 35.5. The van der Waals surface area contributed by atoms with Crippen molar-refractivity contribution in [2.75, 3.05) is 26.9 Å². The fraction of sp³-hybridized carbons (Fsp3) is 0.263. The van der Waals surface area contributed by atoms with Crippen LogP contribution >= 0.6 is 35.0 Å². The molecule has 0 saturated carbocycles. The number of carbonyl (C=O) groups is 1. The van der Waals surface area contributed by atoms with Crippen molar-refractivity contribution in [2.24, 2.45) is 0 Å². The first-order chi connectivity index (χ1) is 14.1. The lowest BCUT2D eigenvalue weighted by Crippen LogP contribution is -2.27. The summed E-state index contributed by atoms with van der Waals surface area (Å²) in [5.41, 5.74) is 1.73. The van der Waals surface area contributed by atoms with Gasteiger partial charge in [-0.1, -0.05) is 41.0 Å². The van der Waals surface area contributed by atoms with Crippen molar-refractivity contribution in [1.82, 2.24) is 14.2 Å². The van der Waals surface area contributed by atoms with Crippen LogP contribution in [0.3, 0.4) is 0 Å². The van der Waals surface area contributed by atoms with Crippen LogP contribution in [0.2, 0.25) is 10.0 Å². The van der Waals surface area contributed by atoms with Crippen LogP contribution in [-0.2, 0) is 21.4 Å². The van der Waals surface area contributed by atoms with Gasteiger partial charge in [0.2, 0.25) is 15.9 Å². The molecule has 0 radical (unpaired) electrons. The minimum Gasteiger partial charge on any atom is -0.431 e. The zero-order valence-electron chi connectivity index (χ0n) is 16.4. The average molecular weight is 488 g/mol. The molecule has 3 aromatic rings. The molecule has 1 aromatic heterocycles. The quantitative estimate of drug-likeness (QED) is 0.465. The SMILES string of the molecule is CN(Cc1ccc(Cl)c(Cl)c1)C(=O)CSc1nc2cc(S(=O)(=O)N(C)C)ccc2o1. The third-order valence-corrected chi connectivity index (χ3v) is 7.63. The molecule has 160 valence electrons. The van der Waals surface area contributed by atoms with Gasteiger partial charge in [-0.05, 0) is 35.9 Å². The summed E-state index contributed by atoms with van der Waals surface area (Å²) < 4.78 is 31.3. The maximum absolute atomic E-state index is 12.4. The van der Waals surface area contributed by atoms with Crippen LogP contribution < -0.4 is 0 Å². The highest BCUT2D eigenvalue weighted by molar-refractivity contribution is 7.99. The van der Waals surface area contributed by atoms with E-state index in [0.29, 0.717) is 32.9 Å². The van der Waals surface area contributed by atoms with Crippen LogP contribution in [0.4, 0.5) is 0 Å². The number of amides is 1. The van der Waals surface area contributed by atoms with Gasteiger partial charge in [-0.15, -0.1) is 0 Å². The molecule has 7 nitrogen and oxygen atoms in total. The van der Waals surface area contributed by atoms with Gasteiger partial charge in [0, 0.05) is 27.7 Å². The van der Waals surface area contributed by atoms with Crippen molar-refractivity contribution >= 4 is 62.0 Å². The third kappa shape index (κ3) is 5.09. The zero-order chi connectivity index (χ0) is 22.1. The minimum atomic E-state index is -3.57. The van der Waals surface area contributed by atoms with Gasteiger partial charge < -0.3 is 9.32 Å². The molecule has 0 aliphatic rings. The summed E-state index contributed by atoms with van der Waals surface area (Å²) in [7, 11) is 1.05. The first kappa shape index (κ1) is 22.9. The predicted octanol–water partition coefficient (Wildman–Crippen LogP) is 4.14. The van der Waals surface area contributed by atoms with Gasteiger partial charge in [0.1, 0.15) is 5.52 Å². The number of thioether (sulfide) groups is 1. The molecule has 0 atom stereocenters. The number of fused-ring (bicyclic) bond motifs is 1. The molecule has 2 aromatic carbocycles. The van der Waals surface area contributed by atoms with Gasteiger partial charge >= 0.3 is 0 Å². The Morgan fingerprint density at radius 2 is 1.83 bits per heavy atom. The maximum atomic E-state index is 12.4. The van der Waals surface area contributed by atoms with Gasteiger partial charge in [0.05, 0.1) is 20.7 Å². The van der Waals surface area contributed by atoms with Crippen molar-refractivity contribution in [1.29, 1.82) is 0 Å². The molecule has 1 amide bonds. The number of benzene rings is 2. The van der Waals surface area contributed by atoms with E-state index in [1.165, 1.54) is 26.2 Å². The molecule has 0 aliphatic carbocycles. The number of halogens is 2. The summed E-state index contributed by atoms with van der Waals surface area (Å²) in [6, 6.07) is 9.70. The number of sulfonamides is 1. The summed E-state index contributed by atoms with van der Waals surface area (Å²) in [5, 5.41) is 1.19. The van der Waals surface area contributed by atoms with Gasteiger partial charge in [-0.25, -0.2) is 17.7 Å². The Bertz CT molecular complexity index is 1200. The number of aromatic nitrogens is 1. The Hall–Kier alpha value is -1.78. The Kier molecular flexibility index (Phi) is 6.98. The fourth-order valence-electron chi connectivity index (χ4n) is 2.55. The van der Waals surface area contributed by atoms with Crippen LogP contribution in [-0.4, -0.2) is 55.4 Å². The Labute approximate surface area is 189 Å². The Morgan fingerprint density at radius 1 is 1.10 bits per heavy atom. The molecule has 0 fully saturated rings. The van der Waals surface area contributed by atoms with Gasteiger partial charge in [0.25, 0.3) is 5.22 Å². The minimum absolute atomic E-state index is 0.119. The molecule has 3 rings (SSSR count). The molecule has 0 aliphatic heterocycles. The lowest BCUT2D eigenvalue weighted by molar-refractivity contribution is -0.127. The molecule has 0 N–H and O–H groups in total.